The van der Waals surface area contributed by atoms with Gasteiger partial charge in [-0.1, -0.05) is 24.3 Å². The Labute approximate surface area is 143 Å². The number of alkyl halides is 4. The molecule has 0 radical (unpaired) electrons. The zero-order valence-corrected chi connectivity index (χ0v) is 13.2. The first kappa shape index (κ1) is 19.2. The van der Waals surface area contributed by atoms with E-state index >= 15 is 0 Å². The van der Waals surface area contributed by atoms with Gasteiger partial charge in [-0.15, -0.1) is 13.2 Å². The molecule has 1 N–H and O–H groups in total. The lowest BCUT2D eigenvalue weighted by atomic mass is 10.1. The molecule has 3 nitrogen and oxygen atoms in total. The molecule has 0 aromatic heterocycles. The molecule has 0 aliphatic rings. The zero-order valence-electron chi connectivity index (χ0n) is 12.3. The highest BCUT2D eigenvalue weighted by Gasteiger charge is 2.32. The Hall–Kier alpha value is -2.13. The molecule has 0 fully saturated rings. The molecule has 0 saturated carbocycles. The van der Waals surface area contributed by atoms with Gasteiger partial charge in [-0.05, 0) is 41.6 Å². The fraction of sp³-hybridized carbons (Fsp3) is 0.188. The molecule has 0 saturated heterocycles. The largest absolute Gasteiger partial charge is 0.573 e. The number of halogens is 5. The first-order valence-electron chi connectivity index (χ1n) is 6.81. The van der Waals surface area contributed by atoms with Crippen LogP contribution in [0.25, 0.3) is 0 Å². The maximum absolute atomic E-state index is 14.1. The van der Waals surface area contributed by atoms with E-state index in [-0.39, 0.29) is 22.2 Å². The Kier molecular flexibility index (Phi) is 6.02. The Bertz CT molecular complexity index is 733. The van der Waals surface area contributed by atoms with Crippen molar-refractivity contribution >= 4 is 16.9 Å². The van der Waals surface area contributed by atoms with Gasteiger partial charge >= 0.3 is 6.36 Å². The molecule has 0 bridgehead atoms. The van der Waals surface area contributed by atoms with Gasteiger partial charge in [0.25, 0.3) is 0 Å². The summed E-state index contributed by atoms with van der Waals surface area (Å²) in [6, 6.07) is 9.00. The van der Waals surface area contributed by atoms with Gasteiger partial charge in [-0.25, -0.2) is 8.78 Å². The highest BCUT2D eigenvalue weighted by atomic mass is 32.2. The van der Waals surface area contributed by atoms with Gasteiger partial charge in [0.05, 0.1) is 4.90 Å². The normalized spacial score (nSPS) is 14.0. The van der Waals surface area contributed by atoms with Crippen LogP contribution in [-0.2, 0) is 4.79 Å². The van der Waals surface area contributed by atoms with Crippen molar-refractivity contribution in [1.29, 1.82) is 0 Å². The molecule has 0 aliphatic heterocycles. The van der Waals surface area contributed by atoms with Crippen molar-refractivity contribution in [3.8, 4) is 5.75 Å². The van der Waals surface area contributed by atoms with E-state index in [0.29, 0.717) is 0 Å². The summed E-state index contributed by atoms with van der Waals surface area (Å²) in [6.07, 6.45) is -9.18. The second-order valence-electron chi connectivity index (χ2n) is 4.81. The number of rotatable bonds is 5. The van der Waals surface area contributed by atoms with Crippen LogP contribution < -0.4 is 4.74 Å². The van der Waals surface area contributed by atoms with Crippen LogP contribution in [-0.4, -0.2) is 22.8 Å². The van der Waals surface area contributed by atoms with Crippen LogP contribution in [0.2, 0.25) is 0 Å². The molecule has 0 heterocycles. The van der Waals surface area contributed by atoms with E-state index in [0.717, 1.165) is 30.3 Å². The summed E-state index contributed by atoms with van der Waals surface area (Å²) in [5, 5.41) is 8.73. The molecule has 2 atom stereocenters. The molecule has 0 amide bonds. The van der Waals surface area contributed by atoms with Gasteiger partial charge in [0.15, 0.2) is 6.17 Å². The van der Waals surface area contributed by atoms with Gasteiger partial charge in [0.1, 0.15) is 17.7 Å². The van der Waals surface area contributed by atoms with E-state index in [1.165, 1.54) is 18.2 Å². The lowest BCUT2D eigenvalue weighted by molar-refractivity contribution is -0.274. The van der Waals surface area contributed by atoms with Crippen LogP contribution in [0.1, 0.15) is 11.7 Å². The number of thioether (sulfide) groups is 1. The fourth-order valence-electron chi connectivity index (χ4n) is 1.86. The van der Waals surface area contributed by atoms with Crippen LogP contribution >= 0.6 is 11.8 Å². The van der Waals surface area contributed by atoms with Crippen LogP contribution in [0, 0.1) is 5.82 Å². The van der Waals surface area contributed by atoms with Crippen molar-refractivity contribution in [3.63, 3.8) is 0 Å². The predicted molar refractivity (Wildman–Crippen MR) is 80.2 cm³/mol. The molecule has 2 aromatic carbocycles. The summed E-state index contributed by atoms with van der Waals surface area (Å²) in [7, 11) is 0. The second kappa shape index (κ2) is 7.83. The Morgan fingerprint density at radius 1 is 1.08 bits per heavy atom. The average Bonchev–Trinajstić information content (AvgIpc) is 2.55. The lowest BCUT2D eigenvalue weighted by Crippen LogP contribution is -2.21. The smallest absolute Gasteiger partial charge is 0.406 e. The number of hydrogen-bond acceptors (Lipinski definition) is 4. The average molecular weight is 378 g/mol. The molecule has 25 heavy (non-hydrogen) atoms. The molecule has 9 heteroatoms. The third-order valence-electron chi connectivity index (χ3n) is 3.00. The third kappa shape index (κ3) is 5.43. The quantitative estimate of drug-likeness (QED) is 0.618. The molecule has 0 spiro atoms. The predicted octanol–water partition coefficient (Wildman–Crippen LogP) is 4.41. The van der Waals surface area contributed by atoms with E-state index in [4.69, 9.17) is 0 Å². The van der Waals surface area contributed by atoms with E-state index in [2.05, 4.69) is 4.74 Å². The first-order valence-corrected chi connectivity index (χ1v) is 7.63. The van der Waals surface area contributed by atoms with E-state index in [9.17, 15) is 31.9 Å². The van der Waals surface area contributed by atoms with Crippen molar-refractivity contribution in [1.82, 2.24) is 0 Å². The van der Waals surface area contributed by atoms with Crippen LogP contribution in [0.4, 0.5) is 22.0 Å². The molecule has 2 aromatic rings. The maximum atomic E-state index is 14.1. The van der Waals surface area contributed by atoms with Gasteiger partial charge < -0.3 is 9.84 Å². The van der Waals surface area contributed by atoms with Crippen molar-refractivity contribution < 1.29 is 36.6 Å². The second-order valence-corrected chi connectivity index (χ2v) is 5.86. The molecule has 0 aliphatic carbocycles. The molecule has 2 rings (SSSR count). The summed E-state index contributed by atoms with van der Waals surface area (Å²) in [6.45, 7) is 0. The van der Waals surface area contributed by atoms with Gasteiger partial charge in [0, 0.05) is 0 Å². The van der Waals surface area contributed by atoms with E-state index in [1.54, 1.807) is 0 Å². The van der Waals surface area contributed by atoms with Crippen LogP contribution in [0.15, 0.2) is 53.4 Å². The standard InChI is InChI=1S/C16H11F5O3S/c17-11-3-1-2-4-12(11)25-15(23)13(18)14(22)9-5-7-10(8-6-9)24-16(19,20)21/h1-8,13-14,22H/t13-,14-/m0/s1. The minimum atomic E-state index is -4.88. The van der Waals surface area contributed by atoms with E-state index in [1.807, 2.05) is 0 Å². The Morgan fingerprint density at radius 3 is 2.24 bits per heavy atom. The number of aliphatic hydroxyl groups excluding tert-OH is 1. The first-order chi connectivity index (χ1) is 11.7. The number of benzene rings is 2. The number of aliphatic hydroxyl groups is 1. The zero-order chi connectivity index (χ0) is 18.6. The molecule has 134 valence electrons. The summed E-state index contributed by atoms with van der Waals surface area (Å²) in [5.74, 6) is -1.26. The SMILES string of the molecule is O=C(Sc1ccccc1F)[C@@H](F)[C@@H](O)c1ccc(OC(F)(F)F)cc1. The van der Waals surface area contributed by atoms with Crippen molar-refractivity contribution in [2.75, 3.05) is 0 Å². The number of carbonyl (C=O) groups is 1. The minimum absolute atomic E-state index is 0.101. The highest BCUT2D eigenvalue weighted by molar-refractivity contribution is 8.13. The monoisotopic (exact) mass is 378 g/mol. The van der Waals surface area contributed by atoms with Gasteiger partial charge in [-0.3, -0.25) is 4.79 Å². The maximum Gasteiger partial charge on any atom is 0.573 e. The Balaban J connectivity index is 2.05. The van der Waals surface area contributed by atoms with Gasteiger partial charge in [0.2, 0.25) is 5.12 Å². The minimum Gasteiger partial charge on any atom is -0.406 e. The summed E-state index contributed by atoms with van der Waals surface area (Å²) in [5.41, 5.74) is -0.121. The third-order valence-corrected chi connectivity index (χ3v) is 3.98. The number of hydrogen-bond donors (Lipinski definition) is 1. The molecular formula is C16H11F5O3S. The summed E-state index contributed by atoms with van der Waals surface area (Å²) >= 11 is 0.290. The van der Waals surface area contributed by atoms with Crippen molar-refractivity contribution in [2.24, 2.45) is 0 Å². The highest BCUT2D eigenvalue weighted by Crippen LogP contribution is 2.30. The topological polar surface area (TPSA) is 46.5 Å². The van der Waals surface area contributed by atoms with Crippen molar-refractivity contribution in [2.45, 2.75) is 23.5 Å². The Morgan fingerprint density at radius 2 is 1.68 bits per heavy atom. The summed E-state index contributed by atoms with van der Waals surface area (Å²) < 4.78 is 67.4. The fourth-order valence-corrected chi connectivity index (χ4v) is 2.63. The van der Waals surface area contributed by atoms with Crippen LogP contribution in [0.5, 0.6) is 5.75 Å². The van der Waals surface area contributed by atoms with Crippen molar-refractivity contribution in [3.05, 3.63) is 59.9 Å². The number of carbonyl (C=O) groups excluding carboxylic acids is 1. The molecule has 0 unspecified atom stereocenters. The van der Waals surface area contributed by atoms with E-state index < -0.39 is 35.3 Å². The summed E-state index contributed by atoms with van der Waals surface area (Å²) in [4.78, 5) is 11.7. The number of ether oxygens (including phenoxy) is 1. The molecular weight excluding hydrogens is 367 g/mol. The van der Waals surface area contributed by atoms with Crippen LogP contribution in [0.3, 0.4) is 0 Å². The lowest BCUT2D eigenvalue weighted by Gasteiger charge is -2.16. The van der Waals surface area contributed by atoms with Gasteiger partial charge in [-0.2, -0.15) is 0 Å².